The van der Waals surface area contributed by atoms with Crippen LogP contribution in [0.1, 0.15) is 4.28 Å². The summed E-state index contributed by atoms with van der Waals surface area (Å²) in [5.74, 6) is 0. The quantitative estimate of drug-likeness (QED) is 0.218. The first-order chi connectivity index (χ1) is 3.13. The molecule has 0 fully saturated rings. The van der Waals surface area contributed by atoms with Crippen LogP contribution in [-0.2, 0) is 4.74 Å². The number of rotatable bonds is 0. The van der Waals surface area contributed by atoms with E-state index in [1.165, 1.54) is 0 Å². The first-order valence-electron chi connectivity index (χ1n) is 1.26. The van der Waals surface area contributed by atoms with Crippen LogP contribution in [0, 0.1) is 0 Å². The summed E-state index contributed by atoms with van der Waals surface area (Å²) in [5.41, 5.74) is 0. The first-order valence-corrected chi connectivity index (χ1v) is 1.26. The van der Waals surface area contributed by atoms with Crippen molar-refractivity contribution in [3.63, 3.8) is 0 Å². The minimum absolute atomic E-state index is 0. The second-order valence-corrected chi connectivity index (χ2v) is 0.634. The van der Waals surface area contributed by atoms with Crippen LogP contribution in [0.15, 0.2) is 0 Å². The predicted molar refractivity (Wildman–Crippen MR) is 20.5 cm³/mol. The van der Waals surface area contributed by atoms with Crippen LogP contribution in [0.5, 0.6) is 0 Å². The zero-order valence-corrected chi connectivity index (χ0v) is 12.1. The molecule has 8 heteroatoms. The maximum Gasteiger partial charge on any atom is 1.00 e. The van der Waals surface area contributed by atoms with Gasteiger partial charge in [0.05, 0.1) is 0 Å². The fourth-order valence-corrected chi connectivity index (χ4v) is 0.0747. The molecule has 0 unspecified atom stereocenters. The molecule has 0 aliphatic carbocycles. The zero-order valence-electron chi connectivity index (χ0n) is 9.12. The molecule has 0 amide bonds. The van der Waals surface area contributed by atoms with Gasteiger partial charge in [0.25, 0.3) is 0 Å². The van der Waals surface area contributed by atoms with Gasteiger partial charge >= 0.3 is 101 Å². The van der Waals surface area contributed by atoms with Gasteiger partial charge in [-0.25, -0.2) is 9.59 Å². The Labute approximate surface area is 128 Å². The largest absolute Gasteiger partial charge is 1.00 e. The van der Waals surface area contributed by atoms with Gasteiger partial charge in [-0.15, -0.1) is 0 Å². The van der Waals surface area contributed by atoms with Gasteiger partial charge in [0.2, 0.25) is 0 Å². The summed E-state index contributed by atoms with van der Waals surface area (Å²) in [6.07, 6.45) is -3.62. The van der Waals surface area contributed by atoms with Crippen LogP contribution in [0.25, 0.3) is 0 Å². The summed E-state index contributed by atoms with van der Waals surface area (Å²) in [6, 6.07) is 0. The van der Waals surface area contributed by atoms with Crippen LogP contribution >= 0.6 is 0 Å². The molecule has 0 heterocycles. The molecule has 0 spiro atoms. The maximum absolute atomic E-state index is 9.21. The molecule has 0 aromatic heterocycles. The van der Waals surface area contributed by atoms with Crippen LogP contribution in [0.2, 0.25) is 0 Å². The number of carbonyl (C=O) groups is 2. The summed E-state index contributed by atoms with van der Waals surface area (Å²) in [6.45, 7) is 0. The number of ether oxygens (including phenoxy) is 1. The van der Waals surface area contributed by atoms with E-state index in [9.17, 15) is 9.59 Å². The third-order valence-electron chi connectivity index (χ3n) is 0.175. The average Bonchev–Trinajstić information content (AvgIpc) is 1.27. The van der Waals surface area contributed by atoms with Crippen LogP contribution in [-0.4, -0.2) is 22.5 Å². The van der Waals surface area contributed by atoms with Crippen molar-refractivity contribution in [2.24, 2.45) is 0 Å². The number of carboxylic acid groups (broad SMARTS) is 2. The van der Waals surface area contributed by atoms with Gasteiger partial charge in [-0.05, 0) is 0 Å². The van der Waals surface area contributed by atoms with Crippen LogP contribution in [0.4, 0.5) is 9.59 Å². The normalized spacial score (nSPS) is 5.20. The molecule has 46 valence electrons. The van der Waals surface area contributed by atoms with Crippen molar-refractivity contribution >= 4 is 12.3 Å². The van der Waals surface area contributed by atoms with Gasteiger partial charge in [-0.3, -0.25) is 0 Å². The van der Waals surface area contributed by atoms with E-state index < -0.39 is 12.3 Å². The minimum atomic E-state index is -1.81. The molecule has 0 atom stereocenters. The summed E-state index contributed by atoms with van der Waals surface area (Å²) in [7, 11) is 0. The Morgan fingerprint density at radius 1 is 1.00 bits per heavy atom. The van der Waals surface area contributed by atoms with Gasteiger partial charge in [0, 0.05) is 0 Å². The smallest absolute Gasteiger partial charge is 1.00 e. The molecule has 0 bridgehead atoms. The summed E-state index contributed by atoms with van der Waals surface area (Å²) >= 11 is 0. The van der Waals surface area contributed by atoms with Gasteiger partial charge in [0.15, 0.2) is 0 Å². The first kappa shape index (κ1) is 22.6. The third kappa shape index (κ3) is 22.6. The molecule has 0 aliphatic heterocycles. The number of hydrogen-bond donors (Lipinski definition) is 2. The predicted octanol–water partition coefficient (Wildman–Crippen LogP) is -8.29. The summed E-state index contributed by atoms with van der Waals surface area (Å²) in [5, 5.41) is 15.0. The second-order valence-electron chi connectivity index (χ2n) is 0.634. The molecule has 0 aromatic rings. The maximum atomic E-state index is 9.21. The molecule has 5 nitrogen and oxygen atoms in total. The summed E-state index contributed by atoms with van der Waals surface area (Å²) in [4.78, 5) is 18.4. The van der Waals surface area contributed by atoms with Gasteiger partial charge in [0.1, 0.15) is 0 Å². The van der Waals surface area contributed by atoms with E-state index in [1.807, 2.05) is 0 Å². The molecular weight excluding hydrogens is 173 g/mol. The Bertz CT molecular complexity index is 101. The van der Waals surface area contributed by atoms with Crippen LogP contribution < -0.4 is 88.7 Å². The Balaban J connectivity index is -0.0000000120. The Morgan fingerprint density at radius 2 is 1.20 bits per heavy atom. The molecule has 0 rings (SSSR count). The Kier molecular flexibility index (Phi) is 30.2. The fourth-order valence-electron chi connectivity index (χ4n) is 0.0747. The van der Waals surface area contributed by atoms with Crippen molar-refractivity contribution in [2.75, 3.05) is 0 Å². The molecular formula is C2H5Na3O5. The van der Waals surface area contributed by atoms with Crippen molar-refractivity contribution in [1.29, 1.82) is 0 Å². The molecule has 0 saturated carbocycles. The Morgan fingerprint density at radius 3 is 1.20 bits per heavy atom. The molecule has 0 radical (unpaired) electrons. The van der Waals surface area contributed by atoms with E-state index in [1.54, 1.807) is 0 Å². The zero-order chi connectivity index (χ0) is 5.86. The van der Waals surface area contributed by atoms with E-state index in [0.717, 1.165) is 0 Å². The van der Waals surface area contributed by atoms with Crippen molar-refractivity contribution in [2.45, 2.75) is 0 Å². The van der Waals surface area contributed by atoms with Gasteiger partial charge in [-0.2, -0.15) is 0 Å². The van der Waals surface area contributed by atoms with E-state index in [-0.39, 0.29) is 93.0 Å². The molecule has 0 aromatic carbocycles. The summed E-state index contributed by atoms with van der Waals surface area (Å²) < 4.78 is 3.08. The molecule has 2 N–H and O–H groups in total. The second kappa shape index (κ2) is 13.3. The van der Waals surface area contributed by atoms with Gasteiger partial charge < -0.3 is 19.2 Å². The minimum Gasteiger partial charge on any atom is -1.00 e. The van der Waals surface area contributed by atoms with Crippen molar-refractivity contribution in [3.05, 3.63) is 0 Å². The fraction of sp³-hybridized carbons (Fsp3) is 0. The van der Waals surface area contributed by atoms with Crippen molar-refractivity contribution < 1.29 is 117 Å². The van der Waals surface area contributed by atoms with E-state index in [2.05, 4.69) is 4.74 Å². The van der Waals surface area contributed by atoms with E-state index in [0.29, 0.717) is 0 Å². The average molecular weight is 178 g/mol. The van der Waals surface area contributed by atoms with Gasteiger partial charge in [-0.1, -0.05) is 0 Å². The topological polar surface area (TPSA) is 83.8 Å². The van der Waals surface area contributed by atoms with Crippen molar-refractivity contribution in [1.82, 2.24) is 0 Å². The molecule has 0 aliphatic rings. The monoisotopic (exact) mass is 178 g/mol. The van der Waals surface area contributed by atoms with Crippen molar-refractivity contribution in [3.8, 4) is 0 Å². The number of hydrogen-bond acceptors (Lipinski definition) is 3. The van der Waals surface area contributed by atoms with Crippen LogP contribution in [0.3, 0.4) is 0 Å². The van der Waals surface area contributed by atoms with E-state index in [4.69, 9.17) is 10.2 Å². The Hall–Kier alpha value is 1.74. The standard InChI is InChI=1S/C2H2O5.3Na.3H/c3-1(4)7-2(5)6;;;;;;/h(H,3,4)(H,5,6);;;;;;/q;3*+1;3*-1. The molecule has 10 heavy (non-hydrogen) atoms. The van der Waals surface area contributed by atoms with E-state index >= 15 is 0 Å². The SMILES string of the molecule is O=C(O)OC(=O)O.[H-].[H-].[H-].[Na+].[Na+].[Na+]. The molecule has 0 saturated heterocycles. The third-order valence-corrected chi connectivity index (χ3v) is 0.175.